The fourth-order valence-corrected chi connectivity index (χ4v) is 3.18. The van der Waals surface area contributed by atoms with E-state index in [1.165, 1.54) is 0 Å². The van der Waals surface area contributed by atoms with Crippen LogP contribution in [0.1, 0.15) is 13.3 Å². The maximum absolute atomic E-state index is 12.4. The molecule has 2 unspecified atom stereocenters. The number of rotatable bonds is 6. The molecule has 2 amide bonds. The van der Waals surface area contributed by atoms with Crippen molar-refractivity contribution in [3.05, 3.63) is 52.5 Å². The second-order valence-corrected chi connectivity index (χ2v) is 6.77. The Balaban J connectivity index is 1.61. The first kappa shape index (κ1) is 18.5. The van der Waals surface area contributed by atoms with Gasteiger partial charge in [-0.1, -0.05) is 41.4 Å². The molecule has 0 aliphatic heterocycles. The zero-order valence-electron chi connectivity index (χ0n) is 14.1. The Morgan fingerprint density at radius 1 is 1.00 bits per heavy atom. The highest BCUT2D eigenvalue weighted by molar-refractivity contribution is 6.39. The second-order valence-electron chi connectivity index (χ2n) is 5.95. The fraction of sp³-hybridized carbons (Fsp3) is 0.263. The average molecular weight is 393 g/mol. The fourth-order valence-electron chi connectivity index (χ4n) is 2.68. The molecule has 0 radical (unpaired) electrons. The van der Waals surface area contributed by atoms with Gasteiger partial charge in [-0.05, 0) is 37.6 Å². The van der Waals surface area contributed by atoms with Crippen LogP contribution in [0.15, 0.2) is 42.5 Å². The molecule has 0 aromatic heterocycles. The van der Waals surface area contributed by atoms with Gasteiger partial charge in [-0.15, -0.1) is 0 Å². The van der Waals surface area contributed by atoms with E-state index < -0.39 is 5.92 Å². The minimum absolute atomic E-state index is 0.206. The zero-order chi connectivity index (χ0) is 18.7. The molecule has 2 N–H and O–H groups in total. The third-order valence-electron chi connectivity index (χ3n) is 4.12. The van der Waals surface area contributed by atoms with Crippen LogP contribution in [0.25, 0.3) is 0 Å². The summed E-state index contributed by atoms with van der Waals surface area (Å²) in [6, 6.07) is 12.2. The third-order valence-corrected chi connectivity index (χ3v) is 4.75. The van der Waals surface area contributed by atoms with Crippen LogP contribution in [0.5, 0.6) is 5.75 Å². The van der Waals surface area contributed by atoms with Gasteiger partial charge in [-0.3, -0.25) is 9.59 Å². The molecule has 5 nitrogen and oxygen atoms in total. The van der Waals surface area contributed by atoms with Crippen molar-refractivity contribution in [1.82, 2.24) is 0 Å². The number of amides is 2. The summed E-state index contributed by atoms with van der Waals surface area (Å²) < 4.78 is 5.49. The van der Waals surface area contributed by atoms with E-state index in [0.29, 0.717) is 40.2 Å². The Bertz CT molecular complexity index is 821. The molecule has 0 spiro atoms. The largest absolute Gasteiger partial charge is 0.492 e. The Kier molecular flexibility index (Phi) is 5.69. The van der Waals surface area contributed by atoms with Crippen LogP contribution in [-0.2, 0) is 9.59 Å². The summed E-state index contributed by atoms with van der Waals surface area (Å²) in [4.78, 5) is 24.8. The van der Waals surface area contributed by atoms with Crippen LogP contribution in [0.2, 0.25) is 10.0 Å². The van der Waals surface area contributed by atoms with Gasteiger partial charge >= 0.3 is 0 Å². The van der Waals surface area contributed by atoms with Crippen molar-refractivity contribution in [3.63, 3.8) is 0 Å². The first-order valence-electron chi connectivity index (χ1n) is 8.28. The summed E-state index contributed by atoms with van der Waals surface area (Å²) in [7, 11) is 0. The molecule has 136 valence electrons. The summed E-state index contributed by atoms with van der Waals surface area (Å²) in [5, 5.41) is 6.26. The number of ether oxygens (including phenoxy) is 1. The molecule has 2 atom stereocenters. The Labute approximate surface area is 161 Å². The molecular weight excluding hydrogens is 375 g/mol. The SMILES string of the molecule is CCOc1ccccc1NC(=O)C1CC1C(=O)Nc1c(Cl)cccc1Cl. The van der Waals surface area contributed by atoms with Gasteiger partial charge in [0.25, 0.3) is 0 Å². The highest BCUT2D eigenvalue weighted by Crippen LogP contribution is 2.42. The predicted octanol–water partition coefficient (Wildman–Crippen LogP) is 4.61. The van der Waals surface area contributed by atoms with Crippen molar-refractivity contribution in [1.29, 1.82) is 0 Å². The van der Waals surface area contributed by atoms with E-state index >= 15 is 0 Å². The number of halogens is 2. The molecule has 0 heterocycles. The first-order valence-corrected chi connectivity index (χ1v) is 9.04. The normalized spacial score (nSPS) is 18.1. The van der Waals surface area contributed by atoms with E-state index in [1.807, 2.05) is 19.1 Å². The van der Waals surface area contributed by atoms with Crippen molar-refractivity contribution in [3.8, 4) is 5.75 Å². The van der Waals surface area contributed by atoms with E-state index in [-0.39, 0.29) is 17.7 Å². The number of benzene rings is 2. The predicted molar refractivity (Wildman–Crippen MR) is 103 cm³/mol. The van der Waals surface area contributed by atoms with Gasteiger partial charge in [0, 0.05) is 0 Å². The molecular formula is C19H18Cl2N2O3. The highest BCUT2D eigenvalue weighted by atomic mass is 35.5. The van der Waals surface area contributed by atoms with Crippen molar-refractivity contribution in [2.24, 2.45) is 11.8 Å². The average Bonchev–Trinajstić information content (AvgIpc) is 3.41. The van der Waals surface area contributed by atoms with Gasteiger partial charge in [0.2, 0.25) is 11.8 Å². The first-order chi connectivity index (χ1) is 12.5. The minimum atomic E-state index is -0.401. The number of nitrogens with one attached hydrogen (secondary N) is 2. The molecule has 1 fully saturated rings. The molecule has 1 aliphatic rings. The Morgan fingerprint density at radius 2 is 1.62 bits per heavy atom. The number of hydrogen-bond donors (Lipinski definition) is 2. The van der Waals surface area contributed by atoms with Crippen molar-refractivity contribution in [2.75, 3.05) is 17.2 Å². The van der Waals surface area contributed by atoms with Crippen LogP contribution in [0, 0.1) is 11.8 Å². The Morgan fingerprint density at radius 3 is 2.27 bits per heavy atom. The standard InChI is InChI=1S/C19H18Cl2N2O3/c1-2-26-16-9-4-3-8-15(16)22-18(24)11-10-12(11)19(25)23-17-13(20)6-5-7-14(17)21/h3-9,11-12H,2,10H2,1H3,(H,22,24)(H,23,25). The van der Waals surface area contributed by atoms with Crippen LogP contribution in [-0.4, -0.2) is 18.4 Å². The summed E-state index contributed by atoms with van der Waals surface area (Å²) in [6.07, 6.45) is 0.483. The lowest BCUT2D eigenvalue weighted by Gasteiger charge is -2.11. The van der Waals surface area contributed by atoms with Gasteiger partial charge in [-0.2, -0.15) is 0 Å². The number of anilines is 2. The topological polar surface area (TPSA) is 67.4 Å². The third kappa shape index (κ3) is 4.11. The van der Waals surface area contributed by atoms with E-state index in [1.54, 1.807) is 30.3 Å². The zero-order valence-corrected chi connectivity index (χ0v) is 15.6. The number of hydrogen-bond acceptors (Lipinski definition) is 3. The lowest BCUT2D eigenvalue weighted by molar-refractivity contribution is -0.122. The molecule has 3 rings (SSSR count). The van der Waals surface area contributed by atoms with E-state index in [4.69, 9.17) is 27.9 Å². The van der Waals surface area contributed by atoms with Gasteiger partial charge in [-0.25, -0.2) is 0 Å². The minimum Gasteiger partial charge on any atom is -0.492 e. The van der Waals surface area contributed by atoms with Crippen molar-refractivity contribution >= 4 is 46.4 Å². The number of carbonyl (C=O) groups is 2. The smallest absolute Gasteiger partial charge is 0.228 e. The van der Waals surface area contributed by atoms with E-state index in [9.17, 15) is 9.59 Å². The summed E-state index contributed by atoms with van der Waals surface area (Å²) >= 11 is 12.1. The van der Waals surface area contributed by atoms with Crippen LogP contribution in [0.4, 0.5) is 11.4 Å². The summed E-state index contributed by atoms with van der Waals surface area (Å²) in [5.41, 5.74) is 0.966. The second kappa shape index (κ2) is 7.98. The van der Waals surface area contributed by atoms with E-state index in [0.717, 1.165) is 0 Å². The quantitative estimate of drug-likeness (QED) is 0.754. The molecule has 0 saturated heterocycles. The van der Waals surface area contributed by atoms with Crippen molar-refractivity contribution in [2.45, 2.75) is 13.3 Å². The molecule has 26 heavy (non-hydrogen) atoms. The van der Waals surface area contributed by atoms with Gasteiger partial charge in [0.15, 0.2) is 0 Å². The summed E-state index contributed by atoms with van der Waals surface area (Å²) in [6.45, 7) is 2.37. The molecule has 1 aliphatic carbocycles. The molecule has 2 aromatic rings. The van der Waals surface area contributed by atoms with E-state index in [2.05, 4.69) is 10.6 Å². The monoisotopic (exact) mass is 392 g/mol. The van der Waals surface area contributed by atoms with Crippen LogP contribution >= 0.6 is 23.2 Å². The number of carbonyl (C=O) groups excluding carboxylic acids is 2. The number of para-hydroxylation sites is 3. The molecule has 2 aromatic carbocycles. The molecule has 1 saturated carbocycles. The van der Waals surface area contributed by atoms with Gasteiger partial charge < -0.3 is 15.4 Å². The van der Waals surface area contributed by atoms with Crippen LogP contribution < -0.4 is 15.4 Å². The lowest BCUT2D eigenvalue weighted by Crippen LogP contribution is -2.21. The molecule has 0 bridgehead atoms. The summed E-state index contributed by atoms with van der Waals surface area (Å²) in [5.74, 6) is -0.652. The van der Waals surface area contributed by atoms with Crippen LogP contribution in [0.3, 0.4) is 0 Å². The van der Waals surface area contributed by atoms with Gasteiger partial charge in [0.1, 0.15) is 5.75 Å². The highest BCUT2D eigenvalue weighted by Gasteiger charge is 2.48. The maximum atomic E-state index is 12.4. The lowest BCUT2D eigenvalue weighted by atomic mass is 10.2. The van der Waals surface area contributed by atoms with Gasteiger partial charge in [0.05, 0.1) is 39.9 Å². The maximum Gasteiger partial charge on any atom is 0.228 e. The van der Waals surface area contributed by atoms with Crippen molar-refractivity contribution < 1.29 is 14.3 Å². The Hall–Kier alpha value is -2.24. The molecule has 7 heteroatoms.